The summed E-state index contributed by atoms with van der Waals surface area (Å²) >= 11 is 3.55. The molecule has 5 heteroatoms. The van der Waals surface area contributed by atoms with Crippen LogP contribution in [0.3, 0.4) is 0 Å². The van der Waals surface area contributed by atoms with Crippen LogP contribution in [0.25, 0.3) is 0 Å². The lowest BCUT2D eigenvalue weighted by molar-refractivity contribution is -0.892. The Hall–Kier alpha value is -1.85. The fourth-order valence-corrected chi connectivity index (χ4v) is 3.95. The van der Waals surface area contributed by atoms with Crippen LogP contribution in [0.15, 0.2) is 59.1 Å². The minimum Gasteiger partial charge on any atom is -0.360 e. The number of carbonyl (C=O) groups is 1. The number of quaternary nitrogens is 1. The van der Waals surface area contributed by atoms with Crippen LogP contribution in [0.4, 0.5) is 5.69 Å². The lowest BCUT2D eigenvalue weighted by Crippen LogP contribution is -3.15. The number of nitrogens with zero attached hydrogens (tertiary/aromatic N) is 1. The molecule has 25 heavy (non-hydrogen) atoms. The number of halogens is 1. The molecule has 1 heterocycles. The molecule has 0 saturated carbocycles. The Morgan fingerprint density at radius 1 is 1.12 bits per heavy atom. The SMILES string of the molecule is C[C@H](NC(=O)C[NH+]1CCN(c2ccccc2)CC1)c1ccccc1Br. The van der Waals surface area contributed by atoms with E-state index >= 15 is 0 Å². The van der Waals surface area contributed by atoms with Gasteiger partial charge in [0.2, 0.25) is 0 Å². The zero-order chi connectivity index (χ0) is 17.6. The summed E-state index contributed by atoms with van der Waals surface area (Å²) in [4.78, 5) is 16.1. The molecule has 1 amide bonds. The summed E-state index contributed by atoms with van der Waals surface area (Å²) in [5, 5.41) is 3.12. The smallest absolute Gasteiger partial charge is 0.275 e. The lowest BCUT2D eigenvalue weighted by Gasteiger charge is -2.33. The van der Waals surface area contributed by atoms with Crippen LogP contribution in [-0.2, 0) is 4.79 Å². The number of anilines is 1. The summed E-state index contributed by atoms with van der Waals surface area (Å²) in [6, 6.07) is 18.5. The first kappa shape index (κ1) is 18.0. The molecule has 1 aliphatic heterocycles. The molecule has 2 aromatic carbocycles. The first-order valence-electron chi connectivity index (χ1n) is 8.81. The average Bonchev–Trinajstić information content (AvgIpc) is 2.63. The molecule has 0 unspecified atom stereocenters. The van der Waals surface area contributed by atoms with Crippen molar-refractivity contribution in [2.24, 2.45) is 0 Å². The number of nitrogens with one attached hydrogen (secondary N) is 2. The number of benzene rings is 2. The Bertz CT molecular complexity index is 699. The molecular weight excluding hydrogens is 378 g/mol. The highest BCUT2D eigenvalue weighted by Crippen LogP contribution is 2.22. The van der Waals surface area contributed by atoms with Gasteiger partial charge < -0.3 is 15.1 Å². The molecule has 0 spiro atoms. The molecule has 3 rings (SSSR count). The largest absolute Gasteiger partial charge is 0.360 e. The molecule has 1 fully saturated rings. The van der Waals surface area contributed by atoms with Crippen molar-refractivity contribution in [3.8, 4) is 0 Å². The fraction of sp³-hybridized carbons (Fsp3) is 0.350. The predicted molar refractivity (Wildman–Crippen MR) is 105 cm³/mol. The molecule has 0 aliphatic carbocycles. The molecule has 2 N–H and O–H groups in total. The Labute approximate surface area is 158 Å². The Morgan fingerprint density at radius 3 is 2.44 bits per heavy atom. The molecule has 132 valence electrons. The van der Waals surface area contributed by atoms with Gasteiger partial charge in [0.05, 0.1) is 32.2 Å². The summed E-state index contributed by atoms with van der Waals surface area (Å²) in [5.74, 6) is 0.117. The third-order valence-corrected chi connectivity index (χ3v) is 5.47. The van der Waals surface area contributed by atoms with Gasteiger partial charge >= 0.3 is 0 Å². The van der Waals surface area contributed by atoms with E-state index in [0.29, 0.717) is 6.54 Å². The number of rotatable bonds is 5. The lowest BCUT2D eigenvalue weighted by atomic mass is 10.1. The van der Waals surface area contributed by atoms with Crippen LogP contribution in [0, 0.1) is 0 Å². The average molecular weight is 403 g/mol. The molecule has 1 saturated heterocycles. The second-order valence-electron chi connectivity index (χ2n) is 6.56. The van der Waals surface area contributed by atoms with Gasteiger partial charge in [0.15, 0.2) is 6.54 Å². The molecular formula is C20H25BrN3O+. The number of carbonyl (C=O) groups excluding carboxylic acids is 1. The minimum absolute atomic E-state index is 0.00748. The molecule has 0 radical (unpaired) electrons. The number of piperazine rings is 1. The number of hydrogen-bond donors (Lipinski definition) is 2. The van der Waals surface area contributed by atoms with Crippen LogP contribution in [0.1, 0.15) is 18.5 Å². The summed E-state index contributed by atoms with van der Waals surface area (Å²) in [6.07, 6.45) is 0. The van der Waals surface area contributed by atoms with Gasteiger partial charge in [-0.05, 0) is 30.7 Å². The van der Waals surface area contributed by atoms with E-state index < -0.39 is 0 Å². The highest BCUT2D eigenvalue weighted by atomic mass is 79.9. The van der Waals surface area contributed by atoms with Gasteiger partial charge in [-0.3, -0.25) is 4.79 Å². The number of amides is 1. The van der Waals surface area contributed by atoms with E-state index in [9.17, 15) is 4.79 Å². The highest BCUT2D eigenvalue weighted by molar-refractivity contribution is 9.10. The monoisotopic (exact) mass is 402 g/mol. The molecule has 1 atom stereocenters. The summed E-state index contributed by atoms with van der Waals surface area (Å²) in [5.41, 5.74) is 2.38. The van der Waals surface area contributed by atoms with Crippen LogP contribution >= 0.6 is 15.9 Å². The fourth-order valence-electron chi connectivity index (χ4n) is 3.32. The Kier molecular flexibility index (Phi) is 6.10. The van der Waals surface area contributed by atoms with Crippen LogP contribution in [-0.4, -0.2) is 38.6 Å². The van der Waals surface area contributed by atoms with Crippen molar-refractivity contribution >= 4 is 27.5 Å². The highest BCUT2D eigenvalue weighted by Gasteiger charge is 2.23. The summed E-state index contributed by atoms with van der Waals surface area (Å²) < 4.78 is 1.03. The van der Waals surface area contributed by atoms with E-state index in [2.05, 4.69) is 50.4 Å². The van der Waals surface area contributed by atoms with Gasteiger partial charge in [0.25, 0.3) is 5.91 Å². The van der Waals surface area contributed by atoms with Gasteiger partial charge in [-0.25, -0.2) is 0 Å². The van der Waals surface area contributed by atoms with Gasteiger partial charge in [-0.1, -0.05) is 52.3 Å². The van der Waals surface area contributed by atoms with E-state index in [1.165, 1.54) is 10.6 Å². The maximum atomic E-state index is 12.4. The van der Waals surface area contributed by atoms with Crippen LogP contribution < -0.4 is 15.1 Å². The van der Waals surface area contributed by atoms with Gasteiger partial charge in [0.1, 0.15) is 0 Å². The molecule has 0 bridgehead atoms. The topological polar surface area (TPSA) is 36.8 Å². The second kappa shape index (κ2) is 8.50. The van der Waals surface area contributed by atoms with Crippen molar-refractivity contribution in [1.29, 1.82) is 0 Å². The maximum Gasteiger partial charge on any atom is 0.275 e. The second-order valence-corrected chi connectivity index (χ2v) is 7.41. The van der Waals surface area contributed by atoms with E-state index in [1.807, 2.05) is 37.3 Å². The van der Waals surface area contributed by atoms with E-state index in [0.717, 1.165) is 36.2 Å². The normalized spacial score (nSPS) is 16.5. The van der Waals surface area contributed by atoms with Crippen LogP contribution in [0.5, 0.6) is 0 Å². The predicted octanol–water partition coefficient (Wildman–Crippen LogP) is 2.03. The van der Waals surface area contributed by atoms with Crippen molar-refractivity contribution < 1.29 is 9.69 Å². The number of para-hydroxylation sites is 1. The molecule has 4 nitrogen and oxygen atoms in total. The first-order valence-corrected chi connectivity index (χ1v) is 9.60. The van der Waals surface area contributed by atoms with E-state index in [-0.39, 0.29) is 11.9 Å². The van der Waals surface area contributed by atoms with E-state index in [1.54, 1.807) is 0 Å². The first-order chi connectivity index (χ1) is 12.1. The van der Waals surface area contributed by atoms with Crippen molar-refractivity contribution in [2.45, 2.75) is 13.0 Å². The standard InChI is InChI=1S/C20H24BrN3O/c1-16(18-9-5-6-10-19(18)21)22-20(25)15-23-11-13-24(14-12-23)17-7-3-2-4-8-17/h2-10,16H,11-15H2,1H3,(H,22,25)/p+1/t16-/m0/s1. The van der Waals surface area contributed by atoms with Gasteiger partial charge in [-0.15, -0.1) is 0 Å². The molecule has 2 aromatic rings. The van der Waals surface area contributed by atoms with Crippen molar-refractivity contribution in [3.63, 3.8) is 0 Å². The zero-order valence-corrected chi connectivity index (χ0v) is 16.1. The van der Waals surface area contributed by atoms with Crippen molar-refractivity contribution in [2.75, 3.05) is 37.6 Å². The molecule has 0 aromatic heterocycles. The summed E-state index contributed by atoms with van der Waals surface area (Å²) in [6.45, 7) is 6.54. The summed E-state index contributed by atoms with van der Waals surface area (Å²) in [7, 11) is 0. The van der Waals surface area contributed by atoms with Crippen molar-refractivity contribution in [3.05, 3.63) is 64.6 Å². The van der Waals surface area contributed by atoms with Gasteiger partial charge in [-0.2, -0.15) is 0 Å². The third kappa shape index (κ3) is 4.83. The quantitative estimate of drug-likeness (QED) is 0.802. The van der Waals surface area contributed by atoms with Crippen molar-refractivity contribution in [1.82, 2.24) is 5.32 Å². The molecule has 1 aliphatic rings. The minimum atomic E-state index is 0.00748. The zero-order valence-electron chi connectivity index (χ0n) is 14.5. The maximum absolute atomic E-state index is 12.4. The van der Waals surface area contributed by atoms with Crippen LogP contribution in [0.2, 0.25) is 0 Å². The number of hydrogen-bond acceptors (Lipinski definition) is 2. The third-order valence-electron chi connectivity index (χ3n) is 4.75. The Morgan fingerprint density at radius 2 is 1.76 bits per heavy atom. The van der Waals surface area contributed by atoms with Gasteiger partial charge in [0, 0.05) is 10.2 Å². The van der Waals surface area contributed by atoms with E-state index in [4.69, 9.17) is 0 Å². The Balaban J connectivity index is 1.47.